The van der Waals surface area contributed by atoms with Gasteiger partial charge in [-0.2, -0.15) is 0 Å². The topological polar surface area (TPSA) is 64.6 Å². The van der Waals surface area contributed by atoms with Gasteiger partial charge in [-0.1, -0.05) is 58.0 Å². The first kappa shape index (κ1) is 26.1. The molecule has 2 aromatic rings. The van der Waals surface area contributed by atoms with E-state index in [9.17, 15) is 9.59 Å². The van der Waals surface area contributed by atoms with Crippen molar-refractivity contribution in [2.45, 2.75) is 70.7 Å². The van der Waals surface area contributed by atoms with E-state index in [-0.39, 0.29) is 12.4 Å². The van der Waals surface area contributed by atoms with Gasteiger partial charge in [-0.15, -0.1) is 0 Å². The Morgan fingerprint density at radius 3 is 1.62 bits per heavy atom. The predicted molar refractivity (Wildman–Crippen MR) is 135 cm³/mol. The van der Waals surface area contributed by atoms with E-state index in [1.54, 1.807) is 21.6 Å². The second-order valence-electron chi connectivity index (χ2n) is 9.43. The molecule has 5 nitrogen and oxygen atoms in total. The average molecular weight is 476 g/mol. The monoisotopic (exact) mass is 475 g/mol. The van der Waals surface area contributed by atoms with Crippen molar-refractivity contribution in [1.82, 2.24) is 0 Å². The molecule has 0 unspecified atom stereocenters. The molecule has 0 atom stereocenters. The smallest absolute Gasteiger partial charge is 0.412 e. The number of carbonyl (C=O) groups is 2. The van der Waals surface area contributed by atoms with E-state index in [0.29, 0.717) is 5.69 Å². The number of anilines is 1. The molecule has 2 aromatic carbocycles. The van der Waals surface area contributed by atoms with Gasteiger partial charge in [0, 0.05) is 17.2 Å². The van der Waals surface area contributed by atoms with Crippen LogP contribution in [0.15, 0.2) is 48.5 Å². The number of carbonyl (C=O) groups excluding carboxylic acids is 2. The molecular weight excluding hydrogens is 442 g/mol. The normalized spacial score (nSPS) is 11.7. The molecule has 32 heavy (non-hydrogen) atoms. The van der Waals surface area contributed by atoms with Gasteiger partial charge in [0.05, 0.1) is 6.42 Å². The third-order valence-corrected chi connectivity index (χ3v) is 6.20. The van der Waals surface area contributed by atoms with E-state index in [4.69, 9.17) is 9.47 Å². The SMILES string of the molecule is CC(C)(C)OC(=O)Cc1ccc(CSSCc2ccc(NC(=O)OC(C)(C)C)cc2)cc1. The van der Waals surface area contributed by atoms with Crippen LogP contribution in [0, 0.1) is 0 Å². The Bertz CT molecular complexity index is 807. The largest absolute Gasteiger partial charge is 0.460 e. The van der Waals surface area contributed by atoms with Crippen LogP contribution in [-0.4, -0.2) is 23.3 Å². The van der Waals surface area contributed by atoms with Crippen molar-refractivity contribution in [2.24, 2.45) is 0 Å². The lowest BCUT2D eigenvalue weighted by Crippen LogP contribution is -2.27. The average Bonchev–Trinajstić information content (AvgIpc) is 2.64. The molecule has 2 rings (SSSR count). The Hall–Kier alpha value is -2.12. The summed E-state index contributed by atoms with van der Waals surface area (Å²) in [6, 6.07) is 15.9. The summed E-state index contributed by atoms with van der Waals surface area (Å²) in [5.74, 6) is 1.55. The number of amides is 1. The number of benzene rings is 2. The van der Waals surface area contributed by atoms with Gasteiger partial charge in [-0.05, 0) is 70.4 Å². The van der Waals surface area contributed by atoms with E-state index < -0.39 is 17.3 Å². The molecule has 1 amide bonds. The molecule has 0 aliphatic carbocycles. The van der Waals surface area contributed by atoms with E-state index in [0.717, 1.165) is 17.1 Å². The summed E-state index contributed by atoms with van der Waals surface area (Å²) in [6.45, 7) is 11.1. The molecule has 0 aliphatic heterocycles. The predicted octanol–water partition coefficient (Wildman–Crippen LogP) is 7.00. The van der Waals surface area contributed by atoms with E-state index in [1.807, 2.05) is 77.9 Å². The Kier molecular flexibility index (Phi) is 9.52. The van der Waals surface area contributed by atoms with Crippen molar-refractivity contribution < 1.29 is 19.1 Å². The Morgan fingerprint density at radius 2 is 1.16 bits per heavy atom. The molecule has 0 bridgehead atoms. The highest BCUT2D eigenvalue weighted by molar-refractivity contribution is 8.76. The summed E-state index contributed by atoms with van der Waals surface area (Å²) in [6.07, 6.45) is -0.162. The summed E-state index contributed by atoms with van der Waals surface area (Å²) in [5, 5.41) is 2.74. The van der Waals surface area contributed by atoms with Gasteiger partial charge in [-0.25, -0.2) is 4.79 Å². The highest BCUT2D eigenvalue weighted by Crippen LogP contribution is 2.30. The first-order valence-electron chi connectivity index (χ1n) is 10.5. The highest BCUT2D eigenvalue weighted by Gasteiger charge is 2.17. The molecule has 0 radical (unpaired) electrons. The molecule has 0 aliphatic rings. The van der Waals surface area contributed by atoms with Crippen LogP contribution in [0.5, 0.6) is 0 Å². The fourth-order valence-electron chi connectivity index (χ4n) is 2.62. The van der Waals surface area contributed by atoms with Crippen LogP contribution >= 0.6 is 21.6 Å². The van der Waals surface area contributed by atoms with Gasteiger partial charge in [0.2, 0.25) is 0 Å². The number of ether oxygens (including phenoxy) is 2. The van der Waals surface area contributed by atoms with Gasteiger partial charge in [0.25, 0.3) is 0 Å². The maximum atomic E-state index is 11.9. The summed E-state index contributed by atoms with van der Waals surface area (Å²) < 4.78 is 10.6. The van der Waals surface area contributed by atoms with Crippen molar-refractivity contribution in [3.05, 3.63) is 65.2 Å². The van der Waals surface area contributed by atoms with Crippen LogP contribution in [0.4, 0.5) is 10.5 Å². The quantitative estimate of drug-likeness (QED) is 0.252. The van der Waals surface area contributed by atoms with Gasteiger partial charge >= 0.3 is 12.1 Å². The minimum absolute atomic E-state index is 0.206. The molecule has 0 spiro atoms. The standard InChI is InChI=1S/C25H33NO4S2/c1-24(2,3)29-22(27)15-18-7-9-19(10-8-18)16-31-32-17-20-11-13-21(14-12-20)26-23(28)30-25(4,5)6/h7-14H,15-17H2,1-6H3,(H,26,28). The Labute approximate surface area is 199 Å². The van der Waals surface area contributed by atoms with Crippen molar-refractivity contribution in [3.8, 4) is 0 Å². The fourth-order valence-corrected chi connectivity index (χ4v) is 4.76. The molecule has 0 saturated heterocycles. The summed E-state index contributed by atoms with van der Waals surface area (Å²) in [5.41, 5.74) is 3.10. The van der Waals surface area contributed by atoms with Crippen LogP contribution < -0.4 is 5.32 Å². The van der Waals surface area contributed by atoms with Crippen molar-refractivity contribution >= 4 is 39.3 Å². The molecule has 0 saturated carbocycles. The van der Waals surface area contributed by atoms with Crippen molar-refractivity contribution in [3.63, 3.8) is 0 Å². The Morgan fingerprint density at radius 1 is 0.719 bits per heavy atom. The zero-order valence-corrected chi connectivity index (χ0v) is 21.3. The molecular formula is C25H33NO4S2. The van der Waals surface area contributed by atoms with Gasteiger partial charge in [0.15, 0.2) is 0 Å². The lowest BCUT2D eigenvalue weighted by molar-refractivity contribution is -0.153. The summed E-state index contributed by atoms with van der Waals surface area (Å²) >= 11 is 0. The maximum Gasteiger partial charge on any atom is 0.412 e. The molecule has 0 heterocycles. The molecule has 0 fully saturated rings. The first-order chi connectivity index (χ1) is 14.9. The van der Waals surface area contributed by atoms with Crippen molar-refractivity contribution in [1.29, 1.82) is 0 Å². The zero-order chi connectivity index (χ0) is 23.8. The van der Waals surface area contributed by atoms with Crippen LogP contribution in [0.25, 0.3) is 0 Å². The van der Waals surface area contributed by atoms with Crippen LogP contribution in [0.1, 0.15) is 58.2 Å². The van der Waals surface area contributed by atoms with Gasteiger partial charge < -0.3 is 9.47 Å². The van der Waals surface area contributed by atoms with E-state index in [2.05, 4.69) is 17.4 Å². The summed E-state index contributed by atoms with van der Waals surface area (Å²) in [4.78, 5) is 23.8. The van der Waals surface area contributed by atoms with E-state index >= 15 is 0 Å². The highest BCUT2D eigenvalue weighted by atomic mass is 33.1. The van der Waals surface area contributed by atoms with E-state index in [1.165, 1.54) is 11.1 Å². The molecule has 7 heteroatoms. The first-order valence-corrected chi connectivity index (χ1v) is 13.0. The number of esters is 1. The lowest BCUT2D eigenvalue weighted by atomic mass is 10.1. The number of nitrogens with one attached hydrogen (secondary N) is 1. The second kappa shape index (κ2) is 11.7. The third kappa shape index (κ3) is 11.0. The van der Waals surface area contributed by atoms with Gasteiger partial charge in [0.1, 0.15) is 11.2 Å². The van der Waals surface area contributed by atoms with Crippen LogP contribution in [-0.2, 0) is 32.2 Å². The van der Waals surface area contributed by atoms with Gasteiger partial charge in [-0.3, -0.25) is 10.1 Å². The molecule has 174 valence electrons. The van der Waals surface area contributed by atoms with Crippen LogP contribution in [0.2, 0.25) is 0 Å². The minimum Gasteiger partial charge on any atom is -0.460 e. The Balaban J connectivity index is 1.71. The lowest BCUT2D eigenvalue weighted by Gasteiger charge is -2.19. The number of hydrogen-bond acceptors (Lipinski definition) is 6. The summed E-state index contributed by atoms with van der Waals surface area (Å²) in [7, 11) is 3.57. The third-order valence-electron chi connectivity index (χ3n) is 3.93. The number of rotatable bonds is 8. The number of hydrogen-bond donors (Lipinski definition) is 1. The molecule has 0 aromatic heterocycles. The minimum atomic E-state index is -0.518. The fraction of sp³-hybridized carbons (Fsp3) is 0.440. The van der Waals surface area contributed by atoms with Crippen molar-refractivity contribution in [2.75, 3.05) is 5.32 Å². The molecule has 1 N–H and O–H groups in total. The maximum absolute atomic E-state index is 11.9. The zero-order valence-electron chi connectivity index (χ0n) is 19.7. The second-order valence-corrected chi connectivity index (χ2v) is 11.9. The van der Waals surface area contributed by atoms with Crippen LogP contribution in [0.3, 0.4) is 0 Å².